The van der Waals surface area contributed by atoms with E-state index in [-0.39, 0.29) is 12.3 Å². The first-order valence-electron chi connectivity index (χ1n) is 9.63. The lowest BCUT2D eigenvalue weighted by atomic mass is 10.1. The Balaban J connectivity index is 1.55. The highest BCUT2D eigenvalue weighted by molar-refractivity contribution is 6.44. The van der Waals surface area contributed by atoms with Gasteiger partial charge in [-0.2, -0.15) is 0 Å². The van der Waals surface area contributed by atoms with E-state index in [9.17, 15) is 9.59 Å². The number of hydrogen-bond donors (Lipinski definition) is 1. The minimum absolute atomic E-state index is 0.0757. The molecule has 1 aromatic carbocycles. The van der Waals surface area contributed by atoms with Crippen molar-refractivity contribution in [1.29, 1.82) is 0 Å². The van der Waals surface area contributed by atoms with Crippen LogP contribution in [0.25, 0.3) is 16.8 Å². The predicted octanol–water partition coefficient (Wildman–Crippen LogP) is 3.68. The maximum atomic E-state index is 12.6. The van der Waals surface area contributed by atoms with Gasteiger partial charge in [-0.3, -0.25) is 4.79 Å². The number of benzene rings is 1. The number of carbonyl (C=O) groups is 2. The van der Waals surface area contributed by atoms with Gasteiger partial charge < -0.3 is 24.0 Å². The van der Waals surface area contributed by atoms with Crippen LogP contribution in [0, 0.1) is 0 Å². The molecule has 0 bridgehead atoms. The molecule has 0 unspecified atom stereocenters. The molecule has 1 aliphatic heterocycles. The number of rotatable bonds is 4. The van der Waals surface area contributed by atoms with E-state index >= 15 is 0 Å². The highest BCUT2D eigenvalue weighted by Crippen LogP contribution is 2.40. The summed E-state index contributed by atoms with van der Waals surface area (Å²) < 4.78 is 7.27. The Kier molecular flexibility index (Phi) is 5.93. The summed E-state index contributed by atoms with van der Waals surface area (Å²) in [5, 5.41) is 9.86. The molecule has 2 aromatic heterocycles. The SMILES string of the molecule is COc1ccc(Cl)c(Cl)c1-c1ccn2cc(CC(=O)N3CCN(C(=O)O)CC3)nc2c1. The first-order valence-corrected chi connectivity index (χ1v) is 10.4. The molecule has 0 atom stereocenters. The van der Waals surface area contributed by atoms with Crippen molar-refractivity contribution >= 4 is 40.8 Å². The van der Waals surface area contributed by atoms with E-state index in [0.717, 1.165) is 5.56 Å². The number of aromatic nitrogens is 2. The molecule has 1 fully saturated rings. The normalized spacial score (nSPS) is 14.2. The zero-order valence-electron chi connectivity index (χ0n) is 16.7. The van der Waals surface area contributed by atoms with Gasteiger partial charge in [0.05, 0.1) is 29.3 Å². The van der Waals surface area contributed by atoms with Crippen molar-refractivity contribution in [3.05, 3.63) is 52.4 Å². The number of imidazole rings is 1. The van der Waals surface area contributed by atoms with E-state index < -0.39 is 6.09 Å². The number of fused-ring (bicyclic) bond motifs is 1. The summed E-state index contributed by atoms with van der Waals surface area (Å²) in [7, 11) is 1.57. The van der Waals surface area contributed by atoms with Crippen molar-refractivity contribution in [3.8, 4) is 16.9 Å². The van der Waals surface area contributed by atoms with E-state index in [0.29, 0.717) is 58.9 Å². The van der Waals surface area contributed by atoms with Crippen LogP contribution in [0.2, 0.25) is 10.0 Å². The van der Waals surface area contributed by atoms with Gasteiger partial charge in [0, 0.05) is 44.1 Å². The Labute approximate surface area is 188 Å². The minimum Gasteiger partial charge on any atom is -0.496 e. The molecule has 0 saturated carbocycles. The average molecular weight is 463 g/mol. The number of carboxylic acid groups (broad SMARTS) is 1. The smallest absolute Gasteiger partial charge is 0.407 e. The lowest BCUT2D eigenvalue weighted by Gasteiger charge is -2.33. The quantitative estimate of drug-likeness (QED) is 0.638. The molecular weight excluding hydrogens is 443 g/mol. The van der Waals surface area contributed by atoms with E-state index in [1.54, 1.807) is 30.3 Å². The summed E-state index contributed by atoms with van der Waals surface area (Å²) >= 11 is 12.6. The first-order chi connectivity index (χ1) is 14.9. The summed E-state index contributed by atoms with van der Waals surface area (Å²) in [6.07, 6.45) is 2.83. The number of piperazine rings is 1. The van der Waals surface area contributed by atoms with Gasteiger partial charge in [0.2, 0.25) is 5.91 Å². The van der Waals surface area contributed by atoms with E-state index in [1.165, 1.54) is 4.90 Å². The molecule has 162 valence electrons. The van der Waals surface area contributed by atoms with Gasteiger partial charge in [0.1, 0.15) is 11.4 Å². The number of methoxy groups -OCH3 is 1. The molecule has 0 radical (unpaired) electrons. The fourth-order valence-electron chi connectivity index (χ4n) is 3.66. The van der Waals surface area contributed by atoms with Crippen LogP contribution < -0.4 is 4.74 Å². The third-order valence-electron chi connectivity index (χ3n) is 5.31. The molecule has 10 heteroatoms. The summed E-state index contributed by atoms with van der Waals surface area (Å²) in [5.41, 5.74) is 2.77. The van der Waals surface area contributed by atoms with Crippen LogP contribution in [-0.4, -0.2) is 69.6 Å². The standard InChI is InChI=1S/C21H20Cl2N4O4/c1-31-16-3-2-15(22)20(23)19(16)13-4-5-27-12-14(24-17(27)10-13)11-18(28)25-6-8-26(9-7-25)21(29)30/h2-5,10,12H,6-9,11H2,1H3,(H,29,30). The van der Waals surface area contributed by atoms with Crippen LogP contribution in [0.15, 0.2) is 36.7 Å². The van der Waals surface area contributed by atoms with E-state index in [1.807, 2.05) is 22.7 Å². The maximum absolute atomic E-state index is 12.6. The maximum Gasteiger partial charge on any atom is 0.407 e. The monoisotopic (exact) mass is 462 g/mol. The van der Waals surface area contributed by atoms with Gasteiger partial charge in [-0.25, -0.2) is 9.78 Å². The van der Waals surface area contributed by atoms with Gasteiger partial charge in [0.15, 0.2) is 0 Å². The highest BCUT2D eigenvalue weighted by atomic mass is 35.5. The van der Waals surface area contributed by atoms with E-state index in [4.69, 9.17) is 33.0 Å². The van der Waals surface area contributed by atoms with Crippen LogP contribution in [0.3, 0.4) is 0 Å². The highest BCUT2D eigenvalue weighted by Gasteiger charge is 2.24. The Bertz CT molecular complexity index is 1160. The van der Waals surface area contributed by atoms with Crippen molar-refractivity contribution in [2.24, 2.45) is 0 Å². The molecular formula is C21H20Cl2N4O4. The zero-order chi connectivity index (χ0) is 22.1. The van der Waals surface area contributed by atoms with Crippen LogP contribution in [0.5, 0.6) is 5.75 Å². The largest absolute Gasteiger partial charge is 0.496 e. The third kappa shape index (κ3) is 4.26. The molecule has 0 aliphatic carbocycles. The number of pyridine rings is 1. The Morgan fingerprint density at radius 2 is 1.84 bits per heavy atom. The molecule has 3 aromatic rings. The average Bonchev–Trinajstić information content (AvgIpc) is 3.16. The molecule has 1 N–H and O–H groups in total. The van der Waals surface area contributed by atoms with Crippen LogP contribution in [0.4, 0.5) is 4.79 Å². The lowest BCUT2D eigenvalue weighted by molar-refractivity contribution is -0.132. The van der Waals surface area contributed by atoms with E-state index in [2.05, 4.69) is 4.98 Å². The fraction of sp³-hybridized carbons (Fsp3) is 0.286. The number of carbonyl (C=O) groups excluding carboxylic acids is 1. The van der Waals surface area contributed by atoms with Crippen molar-refractivity contribution in [2.45, 2.75) is 6.42 Å². The zero-order valence-corrected chi connectivity index (χ0v) is 18.2. The molecule has 0 spiro atoms. The second kappa shape index (κ2) is 8.64. The van der Waals surface area contributed by atoms with Gasteiger partial charge >= 0.3 is 6.09 Å². The second-order valence-corrected chi connectivity index (χ2v) is 7.96. The fourth-order valence-corrected chi connectivity index (χ4v) is 4.08. The van der Waals surface area contributed by atoms with Gasteiger partial charge in [0.25, 0.3) is 0 Å². The van der Waals surface area contributed by atoms with Crippen molar-refractivity contribution in [3.63, 3.8) is 0 Å². The molecule has 4 rings (SSSR count). The van der Waals surface area contributed by atoms with Crippen LogP contribution in [-0.2, 0) is 11.2 Å². The molecule has 8 nitrogen and oxygen atoms in total. The number of nitrogens with zero attached hydrogens (tertiary/aromatic N) is 4. The number of halogens is 2. The summed E-state index contributed by atoms with van der Waals surface area (Å²) in [4.78, 5) is 31.2. The second-order valence-electron chi connectivity index (χ2n) is 7.18. The van der Waals surface area contributed by atoms with Gasteiger partial charge in [-0.1, -0.05) is 23.2 Å². The van der Waals surface area contributed by atoms with Crippen molar-refractivity contribution in [2.75, 3.05) is 33.3 Å². The molecule has 3 heterocycles. The summed E-state index contributed by atoms with van der Waals surface area (Å²) in [6.45, 7) is 1.40. The molecule has 1 aliphatic rings. The predicted molar refractivity (Wildman–Crippen MR) is 117 cm³/mol. The van der Waals surface area contributed by atoms with Gasteiger partial charge in [-0.05, 0) is 29.8 Å². The van der Waals surface area contributed by atoms with Gasteiger partial charge in [-0.15, -0.1) is 0 Å². The molecule has 2 amide bonds. The lowest BCUT2D eigenvalue weighted by Crippen LogP contribution is -2.50. The van der Waals surface area contributed by atoms with Crippen molar-refractivity contribution in [1.82, 2.24) is 19.2 Å². The Hall–Kier alpha value is -2.97. The minimum atomic E-state index is -0.959. The molecule has 31 heavy (non-hydrogen) atoms. The van der Waals surface area contributed by atoms with Crippen LogP contribution >= 0.6 is 23.2 Å². The number of ether oxygens (including phenoxy) is 1. The Morgan fingerprint density at radius 3 is 2.52 bits per heavy atom. The third-order valence-corrected chi connectivity index (χ3v) is 6.11. The van der Waals surface area contributed by atoms with Crippen molar-refractivity contribution < 1.29 is 19.4 Å². The van der Waals surface area contributed by atoms with Crippen LogP contribution in [0.1, 0.15) is 5.69 Å². The summed E-state index contributed by atoms with van der Waals surface area (Å²) in [6, 6.07) is 7.18. The number of hydrogen-bond acceptors (Lipinski definition) is 4. The topological polar surface area (TPSA) is 87.4 Å². The Morgan fingerprint density at radius 1 is 1.13 bits per heavy atom. The first kappa shape index (κ1) is 21.3. The molecule has 1 saturated heterocycles. The number of amides is 2. The summed E-state index contributed by atoms with van der Waals surface area (Å²) in [5.74, 6) is 0.523.